The Morgan fingerprint density at radius 3 is 2.52 bits per heavy atom. The van der Waals surface area contributed by atoms with Gasteiger partial charge in [-0.25, -0.2) is 0 Å². The molecule has 0 saturated heterocycles. The van der Waals surface area contributed by atoms with Crippen LogP contribution in [0.1, 0.15) is 21.5 Å². The van der Waals surface area contributed by atoms with Crippen LogP contribution in [0.2, 0.25) is 0 Å². The van der Waals surface area contributed by atoms with E-state index in [-0.39, 0.29) is 140 Å². The second-order valence-corrected chi connectivity index (χ2v) is 34.9. The number of benzene rings is 1. The van der Waals surface area contributed by atoms with E-state index in [2.05, 4.69) is 4.98 Å². The third-order valence-corrected chi connectivity index (χ3v) is 7.89. The number of halogens is 1. The monoisotopic (exact) mass is 734 g/mol. The van der Waals surface area contributed by atoms with E-state index >= 15 is 0 Å². The predicted molar refractivity (Wildman–Crippen MR) is 114 cm³/mol. The molecule has 0 unspecified atom stereocenters. The zero-order valence-electron chi connectivity index (χ0n) is 18.4. The maximum absolute atomic E-state index is 13.3. The molecule has 0 atom stereocenters. The molecule has 1 aliphatic heterocycles. The Labute approximate surface area is 257 Å². The molecule has 0 fully saturated rings. The fourth-order valence-electron chi connectivity index (χ4n) is 3.53. The molecule has 0 bridgehead atoms. The van der Waals surface area contributed by atoms with Crippen molar-refractivity contribution in [2.75, 3.05) is 14.1 Å². The third kappa shape index (κ3) is 4.78. The Morgan fingerprint density at radius 2 is 1.91 bits per heavy atom. The summed E-state index contributed by atoms with van der Waals surface area (Å²) in [7, 11) is 2.93. The predicted octanol–water partition coefficient (Wildman–Crippen LogP) is 0.833. The molecular formula is C21H16FN4O5RaRb. The van der Waals surface area contributed by atoms with Crippen molar-refractivity contribution in [3.63, 3.8) is 0 Å². The van der Waals surface area contributed by atoms with Gasteiger partial charge in [0, 0.05) is 0 Å². The first-order chi connectivity index (χ1) is 15.6. The van der Waals surface area contributed by atoms with Crippen LogP contribution in [0.5, 0.6) is 11.5 Å². The first-order valence-corrected chi connectivity index (χ1v) is 15.8. The standard InChI is InChI=1S/C21H15FN4O5.Ra.Rb.H/c1-25(2)20(29)14-17(27)15-16-18(31-13(19(23)28)9-26(16)21(14)30)11(8-24-15)7-10-3-5-12(22)6-4-10;;;/h3-6,8-9,27H,7H2,1-2H3;;;. The van der Waals surface area contributed by atoms with E-state index in [1.54, 1.807) is 6.31 Å². The normalized spacial score (nSPS) is 12.2. The minimum atomic E-state index is -0.776. The molecule has 0 spiro atoms. The molecule has 3 aromatic rings. The van der Waals surface area contributed by atoms with Crippen LogP contribution in [0.25, 0.3) is 17.2 Å². The average Bonchev–Trinajstić information content (AvgIpc) is 2.78. The van der Waals surface area contributed by atoms with Crippen LogP contribution >= 0.6 is 0 Å². The maximum atomic E-state index is 13.3. The van der Waals surface area contributed by atoms with Crippen LogP contribution in [-0.4, -0.2) is 95.7 Å². The van der Waals surface area contributed by atoms with Gasteiger partial charge in [-0.15, -0.1) is 0 Å². The van der Waals surface area contributed by atoms with Gasteiger partial charge in [0.15, 0.2) is 0 Å². The summed E-state index contributed by atoms with van der Waals surface area (Å²) in [6.07, 6.45) is 3.01. The number of nitrogens with zero attached hydrogens (tertiary/aromatic N) is 4. The average molecular weight is 735 g/mol. The van der Waals surface area contributed by atoms with Crippen molar-refractivity contribution in [1.29, 1.82) is 0 Å². The van der Waals surface area contributed by atoms with Crippen molar-refractivity contribution in [2.24, 2.45) is 0 Å². The molecule has 1 aromatic carbocycles. The Bertz CT molecular complexity index is 1400. The first kappa shape index (κ1) is 25.2. The van der Waals surface area contributed by atoms with Crippen LogP contribution in [0.15, 0.2) is 41.0 Å². The molecule has 1 aliphatic rings. The Kier molecular flexibility index (Phi) is 7.60. The van der Waals surface area contributed by atoms with Gasteiger partial charge >= 0.3 is 262 Å². The van der Waals surface area contributed by atoms with Gasteiger partial charge in [-0.05, 0) is 0 Å². The van der Waals surface area contributed by atoms with Crippen LogP contribution in [0.4, 0.5) is 4.39 Å². The zero-order chi connectivity index (χ0) is 24.0. The number of ether oxygens (including phenoxy) is 1. The van der Waals surface area contributed by atoms with E-state index in [4.69, 9.17) is 4.74 Å². The molecule has 12 heteroatoms. The van der Waals surface area contributed by atoms with Gasteiger partial charge in [0.05, 0.1) is 0 Å². The molecule has 2 amide bonds. The van der Waals surface area contributed by atoms with Gasteiger partial charge in [0.1, 0.15) is 0 Å². The fraction of sp³-hybridized carbons (Fsp3) is 0.143. The van der Waals surface area contributed by atoms with Crippen molar-refractivity contribution in [1.82, 2.24) is 8.63 Å². The molecule has 33 heavy (non-hydrogen) atoms. The quantitative estimate of drug-likeness (QED) is 0.427. The molecule has 9 nitrogen and oxygen atoms in total. The van der Waals surface area contributed by atoms with Gasteiger partial charge < -0.3 is 0 Å². The van der Waals surface area contributed by atoms with Gasteiger partial charge in [-0.2, -0.15) is 0 Å². The van der Waals surface area contributed by atoms with E-state index in [0.717, 1.165) is 10.1 Å². The van der Waals surface area contributed by atoms with Crippen molar-refractivity contribution in [3.05, 3.63) is 69.1 Å². The molecule has 0 aliphatic carbocycles. The van der Waals surface area contributed by atoms with E-state index in [1.165, 1.54) is 43.5 Å². The number of amides is 2. The van der Waals surface area contributed by atoms with Crippen LogP contribution in [0, 0.1) is 49.0 Å². The molecule has 4 rings (SSSR count). The molecule has 2 aromatic heterocycles. The molecule has 1 N–H and O–H groups in total. The summed E-state index contributed by atoms with van der Waals surface area (Å²) < 4.78 is 22.2. The summed E-state index contributed by atoms with van der Waals surface area (Å²) in [5.74, 6) is -1.75. The fourth-order valence-corrected chi connectivity index (χ4v) is 4.98. The Balaban J connectivity index is 2.01. The van der Waals surface area contributed by atoms with Crippen molar-refractivity contribution < 1.29 is 67.0 Å². The number of hydrogen-bond donors (Lipinski definition) is 1. The van der Waals surface area contributed by atoms with Crippen molar-refractivity contribution in [3.8, 4) is 11.5 Å². The van der Waals surface area contributed by atoms with Crippen molar-refractivity contribution in [2.45, 2.75) is 6.42 Å². The van der Waals surface area contributed by atoms with E-state index in [0.29, 0.717) is 5.56 Å². The summed E-state index contributed by atoms with van der Waals surface area (Å²) in [5, 5.41) is 10.8. The van der Waals surface area contributed by atoms with Gasteiger partial charge in [0.25, 0.3) is 0 Å². The topological polar surface area (TPSA) is 105 Å². The number of rotatable bonds is 4. The second-order valence-electron chi connectivity index (χ2n) is 8.01. The van der Waals surface area contributed by atoms with Crippen LogP contribution < -0.4 is 10.3 Å². The number of aromatic hydroxyl groups is 1. The number of carbonyl (C=O) groups is 2. The Hall–Kier alpha value is -0.937. The summed E-state index contributed by atoms with van der Waals surface area (Å²) in [6, 6.07) is 5.89. The van der Waals surface area contributed by atoms with E-state index in [9.17, 15) is 23.9 Å². The number of aromatic nitrogens is 2. The van der Waals surface area contributed by atoms with Gasteiger partial charge in [-0.3, -0.25) is 0 Å². The Morgan fingerprint density at radius 1 is 1.24 bits per heavy atom. The first-order valence-electron chi connectivity index (χ1n) is 9.96. The number of pyridine rings is 2. The van der Waals surface area contributed by atoms with E-state index in [1.807, 2.05) is 0 Å². The van der Waals surface area contributed by atoms with Gasteiger partial charge in [0.2, 0.25) is 0 Å². The number of carbonyl (C=O) groups excluding carboxylic acids is 2. The summed E-state index contributed by atoms with van der Waals surface area (Å²) in [4.78, 5) is 44.2. The summed E-state index contributed by atoms with van der Waals surface area (Å²) in [6.45, 7) is 0. The molecular weight excluding hydrogens is 719 g/mol. The number of hydrogen-bond acceptors (Lipinski definition) is 6. The molecule has 0 saturated carbocycles. The second kappa shape index (κ2) is 9.97. The van der Waals surface area contributed by atoms with Crippen LogP contribution in [0.3, 0.4) is 0 Å². The molecule has 160 valence electrons. The van der Waals surface area contributed by atoms with Crippen molar-refractivity contribution >= 4 is 85.1 Å². The zero-order valence-corrected chi connectivity index (χ0v) is 31.6. The van der Waals surface area contributed by atoms with E-state index < -0.39 is 22.8 Å². The SMILES string of the molecule is CN(C)C(=O)c1c(O)c2ncc(Cc3ccc(F)cc3)c3c2n(c1=O)C=C(C(=O)[N]([Rb])[RaH])O3. The molecule has 3 heterocycles. The van der Waals surface area contributed by atoms with Gasteiger partial charge in [-0.1, -0.05) is 0 Å². The summed E-state index contributed by atoms with van der Waals surface area (Å²) >= 11 is -0.288. The summed E-state index contributed by atoms with van der Waals surface area (Å²) in [5.41, 5.74) is 0.257. The third-order valence-electron chi connectivity index (χ3n) is 5.22. The molecule has 0 radical (unpaired) electrons. The van der Waals surface area contributed by atoms with Crippen LogP contribution in [-0.2, 0) is 11.2 Å². The minimum absolute atomic E-state index is 0.00457.